The van der Waals surface area contributed by atoms with Gasteiger partial charge in [0.05, 0.1) is 5.69 Å². The van der Waals surface area contributed by atoms with E-state index in [2.05, 4.69) is 10.3 Å². The van der Waals surface area contributed by atoms with Crippen LogP contribution in [0.15, 0.2) is 5.38 Å². The van der Waals surface area contributed by atoms with Crippen LogP contribution in [0.4, 0.5) is 5.13 Å². The van der Waals surface area contributed by atoms with Crippen LogP contribution in [0.3, 0.4) is 0 Å². The molecular weight excluding hydrogens is 192 g/mol. The summed E-state index contributed by atoms with van der Waals surface area (Å²) < 4.78 is 0. The highest BCUT2D eigenvalue weighted by Gasteiger charge is 2.19. The van der Waals surface area contributed by atoms with Crippen molar-refractivity contribution in [2.75, 3.05) is 5.73 Å². The first kappa shape index (κ1) is 9.46. The monoisotopic (exact) mass is 200 g/mol. The van der Waals surface area contributed by atoms with Crippen LogP contribution in [0.25, 0.3) is 0 Å². The lowest BCUT2D eigenvalue weighted by atomic mass is 10.2. The molecule has 7 heteroatoms. The normalized spacial score (nSPS) is 12.0. The van der Waals surface area contributed by atoms with E-state index in [0.717, 1.165) is 0 Å². The quantitative estimate of drug-likeness (QED) is 0.541. The summed E-state index contributed by atoms with van der Waals surface area (Å²) in [7, 11) is 0. The number of thiazole rings is 1. The van der Waals surface area contributed by atoms with Gasteiger partial charge in [0.15, 0.2) is 11.2 Å². The Hall–Kier alpha value is -1.63. The van der Waals surface area contributed by atoms with Crippen molar-refractivity contribution in [2.45, 2.75) is 6.04 Å². The first-order chi connectivity index (χ1) is 6.15. The molecule has 1 atom stereocenters. The number of hydrogen-bond donors (Lipinski definition) is 3. The highest BCUT2D eigenvalue weighted by atomic mass is 32.1. The molecule has 0 aliphatic carbocycles. The first-order valence-corrected chi connectivity index (χ1v) is 4.23. The molecule has 0 saturated heterocycles. The molecule has 2 amide bonds. The van der Waals surface area contributed by atoms with Gasteiger partial charge in [0.1, 0.15) is 0 Å². The molecule has 0 aromatic carbocycles. The van der Waals surface area contributed by atoms with E-state index in [1.165, 1.54) is 11.3 Å². The van der Waals surface area contributed by atoms with E-state index in [9.17, 15) is 9.59 Å². The fraction of sp³-hybridized carbons (Fsp3) is 0.167. The standard InChI is InChI=1S/C6H8N4O2S/c7-5(12)4(9-2-11)3-1-13-6(8)10-3/h1-2,4H,(H2,7,12)(H2,8,10)(H,9,11). The number of amides is 2. The Balaban J connectivity index is 2.87. The molecule has 1 aromatic heterocycles. The highest BCUT2D eigenvalue weighted by Crippen LogP contribution is 2.17. The molecule has 13 heavy (non-hydrogen) atoms. The molecular formula is C6H8N4O2S. The molecule has 1 rings (SSSR count). The summed E-state index contributed by atoms with van der Waals surface area (Å²) >= 11 is 1.18. The van der Waals surface area contributed by atoms with Gasteiger partial charge in [0.25, 0.3) is 0 Å². The fourth-order valence-electron chi connectivity index (χ4n) is 0.815. The number of primary amides is 1. The zero-order valence-corrected chi connectivity index (χ0v) is 7.38. The summed E-state index contributed by atoms with van der Waals surface area (Å²) in [5, 5.41) is 4.14. The van der Waals surface area contributed by atoms with Crippen LogP contribution < -0.4 is 16.8 Å². The number of nitrogen functional groups attached to an aromatic ring is 1. The average Bonchev–Trinajstić information content (AvgIpc) is 2.46. The van der Waals surface area contributed by atoms with Gasteiger partial charge in [-0.15, -0.1) is 11.3 Å². The minimum Gasteiger partial charge on any atom is -0.375 e. The molecule has 0 saturated carbocycles. The lowest BCUT2D eigenvalue weighted by molar-refractivity contribution is -0.122. The summed E-state index contributed by atoms with van der Waals surface area (Å²) in [5.41, 5.74) is 10.7. The third kappa shape index (κ3) is 2.15. The minimum atomic E-state index is -0.897. The Bertz CT molecular complexity index is 324. The largest absolute Gasteiger partial charge is 0.375 e. The van der Waals surface area contributed by atoms with E-state index < -0.39 is 11.9 Å². The maximum atomic E-state index is 10.8. The van der Waals surface area contributed by atoms with Crippen LogP contribution in [0.1, 0.15) is 11.7 Å². The molecule has 0 aliphatic rings. The number of carbonyl (C=O) groups excluding carboxylic acids is 2. The maximum Gasteiger partial charge on any atom is 0.246 e. The van der Waals surface area contributed by atoms with Gasteiger partial charge in [0.2, 0.25) is 12.3 Å². The number of anilines is 1. The van der Waals surface area contributed by atoms with Gasteiger partial charge in [-0.3, -0.25) is 9.59 Å². The summed E-state index contributed by atoms with van der Waals surface area (Å²) in [4.78, 5) is 24.8. The number of aromatic nitrogens is 1. The predicted octanol–water partition coefficient (Wildman–Crippen LogP) is -1.00. The Morgan fingerprint density at radius 3 is 2.85 bits per heavy atom. The molecule has 0 fully saturated rings. The van der Waals surface area contributed by atoms with E-state index >= 15 is 0 Å². The van der Waals surface area contributed by atoms with Crippen molar-refractivity contribution in [3.63, 3.8) is 0 Å². The fourth-order valence-corrected chi connectivity index (χ4v) is 1.40. The summed E-state index contributed by atoms with van der Waals surface area (Å²) in [5.74, 6) is -0.669. The van der Waals surface area contributed by atoms with Crippen LogP contribution in [-0.4, -0.2) is 17.3 Å². The Labute approximate surface area is 77.9 Å². The number of rotatable bonds is 4. The zero-order chi connectivity index (χ0) is 9.84. The van der Waals surface area contributed by atoms with Crippen LogP contribution in [0, 0.1) is 0 Å². The molecule has 0 bridgehead atoms. The van der Waals surface area contributed by atoms with E-state index in [-0.39, 0.29) is 0 Å². The van der Waals surface area contributed by atoms with E-state index in [0.29, 0.717) is 17.2 Å². The van der Waals surface area contributed by atoms with Crippen LogP contribution in [0.5, 0.6) is 0 Å². The molecule has 1 unspecified atom stereocenters. The van der Waals surface area contributed by atoms with Gasteiger partial charge >= 0.3 is 0 Å². The molecule has 6 nitrogen and oxygen atoms in total. The van der Waals surface area contributed by atoms with Crippen molar-refractivity contribution in [3.8, 4) is 0 Å². The van der Waals surface area contributed by atoms with E-state index in [1.54, 1.807) is 5.38 Å². The zero-order valence-electron chi connectivity index (χ0n) is 6.56. The van der Waals surface area contributed by atoms with E-state index in [4.69, 9.17) is 11.5 Å². The Morgan fingerprint density at radius 1 is 1.77 bits per heavy atom. The van der Waals surface area contributed by atoms with Gasteiger partial charge in [-0.1, -0.05) is 0 Å². The summed E-state index contributed by atoms with van der Waals surface area (Å²) in [6, 6.07) is -0.897. The molecule has 0 radical (unpaired) electrons. The number of hydrogen-bond acceptors (Lipinski definition) is 5. The number of carbonyl (C=O) groups is 2. The Morgan fingerprint density at radius 2 is 2.46 bits per heavy atom. The molecule has 1 aromatic rings. The maximum absolute atomic E-state index is 10.8. The van der Waals surface area contributed by atoms with Gasteiger partial charge < -0.3 is 16.8 Å². The second kappa shape index (κ2) is 3.85. The topological polar surface area (TPSA) is 111 Å². The van der Waals surface area contributed by atoms with Crippen molar-refractivity contribution < 1.29 is 9.59 Å². The summed E-state index contributed by atoms with van der Waals surface area (Å²) in [6.07, 6.45) is 0.394. The third-order valence-corrected chi connectivity index (χ3v) is 2.05. The van der Waals surface area contributed by atoms with Gasteiger partial charge in [-0.25, -0.2) is 4.98 Å². The lowest BCUT2D eigenvalue weighted by Gasteiger charge is -2.07. The molecule has 0 spiro atoms. The minimum absolute atomic E-state index is 0.328. The van der Waals surface area contributed by atoms with Crippen molar-refractivity contribution in [2.24, 2.45) is 5.73 Å². The van der Waals surface area contributed by atoms with Gasteiger partial charge in [-0.05, 0) is 0 Å². The van der Waals surface area contributed by atoms with E-state index in [1.807, 2.05) is 0 Å². The van der Waals surface area contributed by atoms with Crippen molar-refractivity contribution in [3.05, 3.63) is 11.1 Å². The summed E-state index contributed by atoms with van der Waals surface area (Å²) in [6.45, 7) is 0. The predicted molar refractivity (Wildman–Crippen MR) is 47.7 cm³/mol. The molecule has 0 aliphatic heterocycles. The lowest BCUT2D eigenvalue weighted by Crippen LogP contribution is -2.33. The number of nitrogens with one attached hydrogen (secondary N) is 1. The second-order valence-electron chi connectivity index (χ2n) is 2.23. The van der Waals surface area contributed by atoms with Gasteiger partial charge in [-0.2, -0.15) is 0 Å². The smallest absolute Gasteiger partial charge is 0.246 e. The Kier molecular flexibility index (Phi) is 2.80. The molecule has 1 heterocycles. The van der Waals surface area contributed by atoms with Gasteiger partial charge in [0, 0.05) is 5.38 Å². The van der Waals surface area contributed by atoms with Crippen molar-refractivity contribution >= 4 is 28.8 Å². The van der Waals surface area contributed by atoms with Crippen LogP contribution >= 0.6 is 11.3 Å². The van der Waals surface area contributed by atoms with Crippen molar-refractivity contribution in [1.82, 2.24) is 10.3 Å². The average molecular weight is 200 g/mol. The first-order valence-electron chi connectivity index (χ1n) is 3.35. The second-order valence-corrected chi connectivity index (χ2v) is 3.12. The number of nitrogens with two attached hydrogens (primary N) is 2. The van der Waals surface area contributed by atoms with Crippen LogP contribution in [-0.2, 0) is 9.59 Å². The van der Waals surface area contributed by atoms with Crippen LogP contribution in [0.2, 0.25) is 0 Å². The van der Waals surface area contributed by atoms with Crippen molar-refractivity contribution in [1.29, 1.82) is 0 Å². The third-order valence-electron chi connectivity index (χ3n) is 1.35. The SMILES string of the molecule is NC(=O)C(NC=O)c1csc(N)n1. The number of nitrogens with zero attached hydrogens (tertiary/aromatic N) is 1. The molecule has 5 N–H and O–H groups in total. The highest BCUT2D eigenvalue weighted by molar-refractivity contribution is 7.13. The molecule has 70 valence electrons.